The van der Waals surface area contributed by atoms with Gasteiger partial charge in [0.1, 0.15) is 9.79 Å². The maximum atomic E-state index is 11.0. The molecule has 0 aliphatic heterocycles. The fourth-order valence-electron chi connectivity index (χ4n) is 0.992. The molecule has 0 spiro atoms. The summed E-state index contributed by atoms with van der Waals surface area (Å²) in [5, 5.41) is 4.46. The monoisotopic (exact) mass is 286 g/mol. The zero-order valence-electron chi connectivity index (χ0n) is 7.58. The fraction of sp³-hybridized carbons (Fsp3) is 0. The summed E-state index contributed by atoms with van der Waals surface area (Å²) in [5.41, 5.74) is 4.89. The topological polar surface area (TPSA) is 141 Å². The Labute approximate surface area is 96.8 Å². The highest BCUT2D eigenvalue weighted by Gasteiger charge is 2.21. The SMILES string of the molecule is Nc1cc(Cl)c(S(N)(=O)=O)cc1S(=O)(=O)O. The van der Waals surface area contributed by atoms with Gasteiger partial charge in [0.15, 0.2) is 0 Å². The van der Waals surface area contributed by atoms with Crippen LogP contribution in [0.1, 0.15) is 0 Å². The number of anilines is 1. The number of halogens is 1. The molecule has 16 heavy (non-hydrogen) atoms. The smallest absolute Gasteiger partial charge is 0.296 e. The van der Waals surface area contributed by atoms with E-state index >= 15 is 0 Å². The van der Waals surface area contributed by atoms with E-state index in [2.05, 4.69) is 0 Å². The van der Waals surface area contributed by atoms with Gasteiger partial charge >= 0.3 is 0 Å². The number of nitrogens with two attached hydrogens (primary N) is 2. The van der Waals surface area contributed by atoms with Crippen LogP contribution in [0.25, 0.3) is 0 Å². The molecule has 0 aromatic heterocycles. The minimum atomic E-state index is -4.64. The van der Waals surface area contributed by atoms with Crippen molar-refractivity contribution in [3.8, 4) is 0 Å². The van der Waals surface area contributed by atoms with E-state index in [-0.39, 0.29) is 10.7 Å². The summed E-state index contributed by atoms with van der Waals surface area (Å²) in [4.78, 5) is -1.39. The zero-order chi connectivity index (χ0) is 12.7. The van der Waals surface area contributed by atoms with Crippen molar-refractivity contribution >= 4 is 37.4 Å². The van der Waals surface area contributed by atoms with Crippen LogP contribution in [0.4, 0.5) is 5.69 Å². The van der Waals surface area contributed by atoms with E-state index in [1.807, 2.05) is 0 Å². The zero-order valence-corrected chi connectivity index (χ0v) is 9.97. The maximum absolute atomic E-state index is 11.0. The molecule has 0 saturated heterocycles. The molecule has 0 aliphatic rings. The molecule has 1 aromatic carbocycles. The lowest BCUT2D eigenvalue weighted by molar-refractivity contribution is 0.483. The van der Waals surface area contributed by atoms with Crippen molar-refractivity contribution in [1.29, 1.82) is 0 Å². The number of hydrogen-bond acceptors (Lipinski definition) is 5. The Balaban J connectivity index is 3.72. The van der Waals surface area contributed by atoms with Crippen molar-refractivity contribution in [2.45, 2.75) is 9.79 Å². The molecule has 0 aliphatic carbocycles. The Morgan fingerprint density at radius 3 is 2.00 bits per heavy atom. The van der Waals surface area contributed by atoms with Gasteiger partial charge in [0, 0.05) is 0 Å². The molecule has 90 valence electrons. The molecule has 1 aromatic rings. The van der Waals surface area contributed by atoms with E-state index in [4.69, 9.17) is 27.0 Å². The van der Waals surface area contributed by atoms with Crippen LogP contribution in [-0.4, -0.2) is 21.4 Å². The van der Waals surface area contributed by atoms with Crippen LogP contribution in [-0.2, 0) is 20.1 Å². The Kier molecular flexibility index (Phi) is 3.18. The van der Waals surface area contributed by atoms with Gasteiger partial charge in [0.25, 0.3) is 10.1 Å². The van der Waals surface area contributed by atoms with Crippen molar-refractivity contribution < 1.29 is 21.4 Å². The summed E-state index contributed by atoms with van der Waals surface area (Å²) in [6, 6.07) is 1.48. The number of hydrogen-bond donors (Lipinski definition) is 3. The van der Waals surface area contributed by atoms with Gasteiger partial charge in [0.05, 0.1) is 10.7 Å². The minimum absolute atomic E-state index is 0.326. The molecule has 0 radical (unpaired) electrons. The average Bonchev–Trinajstić information content (AvgIpc) is 1.97. The summed E-state index contributed by atoms with van der Waals surface area (Å²) >= 11 is 5.52. The molecular weight excluding hydrogens is 280 g/mol. The van der Waals surface area contributed by atoms with Gasteiger partial charge in [-0.1, -0.05) is 11.6 Å². The second kappa shape index (κ2) is 3.86. The summed E-state index contributed by atoms with van der Waals surface area (Å²) in [5.74, 6) is 0. The van der Waals surface area contributed by atoms with Gasteiger partial charge in [0.2, 0.25) is 10.0 Å². The number of rotatable bonds is 2. The summed E-state index contributed by atoms with van der Waals surface area (Å²) in [6.45, 7) is 0. The highest BCUT2D eigenvalue weighted by molar-refractivity contribution is 7.89. The third-order valence-electron chi connectivity index (χ3n) is 1.65. The predicted octanol–water partition coefficient (Wildman–Crippen LogP) is -0.184. The lowest BCUT2D eigenvalue weighted by Crippen LogP contribution is -2.14. The summed E-state index contributed by atoms with van der Waals surface area (Å²) < 4.78 is 52.5. The lowest BCUT2D eigenvalue weighted by atomic mass is 10.3. The number of nitrogen functional groups attached to an aromatic ring is 1. The van der Waals surface area contributed by atoms with Crippen molar-refractivity contribution in [2.75, 3.05) is 5.73 Å². The first-order chi connectivity index (χ1) is 7.03. The van der Waals surface area contributed by atoms with Crippen molar-refractivity contribution in [1.82, 2.24) is 0 Å². The number of primary sulfonamides is 1. The standard InChI is InChI=1S/C6H7ClN2O5S2/c7-3-1-4(8)6(16(12,13)14)2-5(3)15(9,10)11/h1-2H,8H2,(H2,9,10,11)(H,12,13,14). The van der Waals surface area contributed by atoms with Crippen molar-refractivity contribution in [3.63, 3.8) is 0 Å². The van der Waals surface area contributed by atoms with Gasteiger partial charge in [-0.15, -0.1) is 0 Å². The molecule has 0 atom stereocenters. The quantitative estimate of drug-likeness (QED) is 0.508. The highest BCUT2D eigenvalue weighted by atomic mass is 35.5. The molecule has 10 heteroatoms. The molecule has 5 N–H and O–H groups in total. The third-order valence-corrected chi connectivity index (χ3v) is 3.93. The van der Waals surface area contributed by atoms with Gasteiger partial charge in [-0.3, -0.25) is 4.55 Å². The molecule has 0 fully saturated rings. The fourth-order valence-corrected chi connectivity index (χ4v) is 2.80. The first-order valence-corrected chi connectivity index (χ1v) is 6.99. The molecule has 0 saturated carbocycles. The summed E-state index contributed by atoms with van der Waals surface area (Å²) in [7, 11) is -8.83. The Morgan fingerprint density at radius 1 is 1.12 bits per heavy atom. The molecular formula is C6H7ClN2O5S2. The normalized spacial score (nSPS) is 12.7. The average molecular weight is 287 g/mol. The number of benzene rings is 1. The van der Waals surface area contributed by atoms with Crippen LogP contribution in [0.5, 0.6) is 0 Å². The van der Waals surface area contributed by atoms with Crippen molar-refractivity contribution in [2.24, 2.45) is 5.14 Å². The van der Waals surface area contributed by atoms with Crippen molar-refractivity contribution in [3.05, 3.63) is 17.2 Å². The van der Waals surface area contributed by atoms with Crippen LogP contribution in [0.2, 0.25) is 5.02 Å². The van der Waals surface area contributed by atoms with E-state index in [0.29, 0.717) is 6.07 Å². The summed E-state index contributed by atoms with van der Waals surface area (Å²) in [6.07, 6.45) is 0. The van der Waals surface area contributed by atoms with Gasteiger partial charge in [-0.05, 0) is 12.1 Å². The molecule has 7 nitrogen and oxygen atoms in total. The lowest BCUT2D eigenvalue weighted by Gasteiger charge is -2.06. The van der Waals surface area contributed by atoms with Gasteiger partial charge in [-0.25, -0.2) is 13.6 Å². The Bertz CT molecular complexity index is 584. The van der Waals surface area contributed by atoms with Crippen LogP contribution >= 0.6 is 11.6 Å². The van der Waals surface area contributed by atoms with Crippen LogP contribution < -0.4 is 10.9 Å². The van der Waals surface area contributed by atoms with Crippen LogP contribution in [0.15, 0.2) is 21.9 Å². The van der Waals surface area contributed by atoms with Gasteiger partial charge < -0.3 is 5.73 Å². The van der Waals surface area contributed by atoms with E-state index < -0.39 is 29.9 Å². The van der Waals surface area contributed by atoms with Crippen LogP contribution in [0, 0.1) is 0 Å². The van der Waals surface area contributed by atoms with E-state index in [1.165, 1.54) is 0 Å². The molecule has 1 rings (SSSR count). The second-order valence-electron chi connectivity index (χ2n) is 2.84. The first kappa shape index (κ1) is 13.2. The Morgan fingerprint density at radius 2 is 1.62 bits per heavy atom. The third kappa shape index (κ3) is 2.62. The Hall–Kier alpha value is -0.870. The van der Waals surface area contributed by atoms with Crippen LogP contribution in [0.3, 0.4) is 0 Å². The van der Waals surface area contributed by atoms with Gasteiger partial charge in [-0.2, -0.15) is 8.42 Å². The van der Waals surface area contributed by atoms with E-state index in [0.717, 1.165) is 6.07 Å². The van der Waals surface area contributed by atoms with E-state index in [1.54, 1.807) is 0 Å². The van der Waals surface area contributed by atoms with E-state index in [9.17, 15) is 16.8 Å². The maximum Gasteiger partial charge on any atom is 0.296 e. The minimum Gasteiger partial charge on any atom is -0.398 e. The molecule has 0 heterocycles. The molecule has 0 bridgehead atoms. The number of sulfonamides is 1. The second-order valence-corrected chi connectivity index (χ2v) is 6.17. The predicted molar refractivity (Wildman–Crippen MR) is 57.1 cm³/mol. The largest absolute Gasteiger partial charge is 0.398 e. The highest BCUT2D eigenvalue weighted by Crippen LogP contribution is 2.28. The molecule has 0 amide bonds. The molecule has 0 unspecified atom stereocenters. The first-order valence-electron chi connectivity index (χ1n) is 3.63.